The highest BCUT2D eigenvalue weighted by Crippen LogP contribution is 2.25. The lowest BCUT2D eigenvalue weighted by atomic mass is 10.2. The molecule has 1 amide bonds. The fourth-order valence-corrected chi connectivity index (χ4v) is 5.39. The van der Waals surface area contributed by atoms with E-state index in [0.29, 0.717) is 17.2 Å². The molecule has 0 unspecified atom stereocenters. The number of benzene rings is 2. The zero-order chi connectivity index (χ0) is 23.3. The molecule has 0 aliphatic carbocycles. The first-order valence-electron chi connectivity index (χ1n) is 10.3. The minimum absolute atomic E-state index is 0.144. The second kappa shape index (κ2) is 10.0. The molecule has 7 nitrogen and oxygen atoms in total. The van der Waals surface area contributed by atoms with Crippen LogP contribution in [0.15, 0.2) is 89.4 Å². The van der Waals surface area contributed by atoms with Gasteiger partial charge in [-0.05, 0) is 42.0 Å². The van der Waals surface area contributed by atoms with Gasteiger partial charge in [0.15, 0.2) is 5.13 Å². The number of rotatable bonds is 8. The van der Waals surface area contributed by atoms with E-state index in [9.17, 15) is 13.2 Å². The molecule has 33 heavy (non-hydrogen) atoms. The molecule has 1 N–H and O–H groups in total. The largest absolute Gasteiger partial charge is 0.298 e. The number of sulfonamides is 1. The Morgan fingerprint density at radius 1 is 1.00 bits per heavy atom. The molecule has 2 aromatic carbocycles. The molecule has 9 heteroatoms. The minimum atomic E-state index is -3.69. The molecular formula is C24H22N4O3S2. The highest BCUT2D eigenvalue weighted by molar-refractivity contribution is 7.89. The number of thiazole rings is 1. The van der Waals surface area contributed by atoms with Crippen LogP contribution in [0.1, 0.15) is 22.8 Å². The molecule has 4 aromatic rings. The van der Waals surface area contributed by atoms with Gasteiger partial charge in [0.25, 0.3) is 5.91 Å². The van der Waals surface area contributed by atoms with Crippen LogP contribution in [-0.4, -0.2) is 35.1 Å². The highest BCUT2D eigenvalue weighted by atomic mass is 32.2. The minimum Gasteiger partial charge on any atom is -0.298 e. The van der Waals surface area contributed by atoms with Gasteiger partial charge >= 0.3 is 0 Å². The molecule has 0 saturated carbocycles. The summed E-state index contributed by atoms with van der Waals surface area (Å²) in [6, 6.07) is 19.1. The van der Waals surface area contributed by atoms with Crippen molar-refractivity contribution in [2.75, 3.05) is 11.9 Å². The van der Waals surface area contributed by atoms with Gasteiger partial charge in [-0.2, -0.15) is 4.31 Å². The maximum absolute atomic E-state index is 13.1. The molecule has 0 fully saturated rings. The summed E-state index contributed by atoms with van der Waals surface area (Å²) in [4.78, 5) is 21.2. The van der Waals surface area contributed by atoms with Crippen molar-refractivity contribution in [1.82, 2.24) is 14.3 Å². The van der Waals surface area contributed by atoms with E-state index in [2.05, 4.69) is 15.3 Å². The molecule has 0 radical (unpaired) electrons. The van der Waals surface area contributed by atoms with Gasteiger partial charge in [0.1, 0.15) is 0 Å². The Kier molecular flexibility index (Phi) is 6.93. The maximum atomic E-state index is 13.1. The van der Waals surface area contributed by atoms with Crippen molar-refractivity contribution in [2.45, 2.75) is 18.4 Å². The van der Waals surface area contributed by atoms with Gasteiger partial charge in [0.05, 0.1) is 10.6 Å². The maximum Gasteiger partial charge on any atom is 0.257 e. The van der Waals surface area contributed by atoms with Crippen molar-refractivity contribution in [3.05, 3.63) is 95.6 Å². The number of aromatic nitrogens is 2. The average Bonchev–Trinajstić information content (AvgIpc) is 3.32. The van der Waals surface area contributed by atoms with Crippen molar-refractivity contribution >= 4 is 32.4 Å². The Morgan fingerprint density at radius 2 is 1.70 bits per heavy atom. The predicted molar refractivity (Wildman–Crippen MR) is 129 cm³/mol. The third kappa shape index (κ3) is 5.33. The van der Waals surface area contributed by atoms with E-state index >= 15 is 0 Å². The predicted octanol–water partition coefficient (Wildman–Crippen LogP) is 4.67. The summed E-state index contributed by atoms with van der Waals surface area (Å²) in [5.41, 5.74) is 2.92. The Hall–Kier alpha value is -3.40. The lowest BCUT2D eigenvalue weighted by Crippen LogP contribution is -2.30. The second-order valence-electron chi connectivity index (χ2n) is 7.17. The number of pyridine rings is 1. The van der Waals surface area contributed by atoms with Crippen LogP contribution in [0, 0.1) is 0 Å². The lowest BCUT2D eigenvalue weighted by Gasteiger charge is -2.20. The summed E-state index contributed by atoms with van der Waals surface area (Å²) < 4.78 is 27.6. The van der Waals surface area contributed by atoms with E-state index in [1.165, 1.54) is 39.9 Å². The van der Waals surface area contributed by atoms with Gasteiger partial charge in [0.2, 0.25) is 10.0 Å². The Morgan fingerprint density at radius 3 is 2.36 bits per heavy atom. The average molecular weight is 479 g/mol. The van der Waals surface area contributed by atoms with Crippen molar-refractivity contribution in [2.24, 2.45) is 0 Å². The Balaban J connectivity index is 1.46. The van der Waals surface area contributed by atoms with Crippen molar-refractivity contribution in [3.8, 4) is 11.3 Å². The molecule has 0 bridgehead atoms. The van der Waals surface area contributed by atoms with E-state index in [1.807, 2.05) is 47.8 Å². The highest BCUT2D eigenvalue weighted by Gasteiger charge is 2.23. The molecule has 0 saturated heterocycles. The molecule has 2 aromatic heterocycles. The number of nitrogens with zero attached hydrogens (tertiary/aromatic N) is 3. The van der Waals surface area contributed by atoms with Crippen LogP contribution in [0.3, 0.4) is 0 Å². The molecule has 0 aliphatic rings. The lowest BCUT2D eigenvalue weighted by molar-refractivity contribution is 0.102. The standard InChI is InChI=1S/C24H22N4O3S2/c1-2-28(16-18-6-4-3-5-7-18)33(30,31)21-10-8-20(9-11-21)23(29)27-24-26-22(17-32-24)19-12-14-25-15-13-19/h3-15,17H,2,16H2,1H3,(H,26,27,29). The first-order valence-corrected chi connectivity index (χ1v) is 12.6. The summed E-state index contributed by atoms with van der Waals surface area (Å²) in [5.74, 6) is -0.355. The summed E-state index contributed by atoms with van der Waals surface area (Å²) in [7, 11) is -3.69. The van der Waals surface area contributed by atoms with E-state index < -0.39 is 10.0 Å². The number of hydrogen-bond donors (Lipinski definition) is 1. The SMILES string of the molecule is CCN(Cc1ccccc1)S(=O)(=O)c1ccc(C(=O)Nc2nc(-c3ccncc3)cs2)cc1. The molecule has 168 valence electrons. The first kappa shape index (κ1) is 22.8. The van der Waals surface area contributed by atoms with Gasteiger partial charge in [0, 0.05) is 42.0 Å². The van der Waals surface area contributed by atoms with Gasteiger partial charge in [-0.25, -0.2) is 13.4 Å². The van der Waals surface area contributed by atoms with Gasteiger partial charge in [-0.15, -0.1) is 11.3 Å². The fourth-order valence-electron chi connectivity index (χ4n) is 3.24. The second-order valence-corrected chi connectivity index (χ2v) is 9.97. The first-order chi connectivity index (χ1) is 16.0. The van der Waals surface area contributed by atoms with Crippen LogP contribution in [0.25, 0.3) is 11.3 Å². The van der Waals surface area contributed by atoms with Crippen LogP contribution < -0.4 is 5.32 Å². The smallest absolute Gasteiger partial charge is 0.257 e. The summed E-state index contributed by atoms with van der Waals surface area (Å²) in [5, 5.41) is 5.08. The molecule has 2 heterocycles. The molecule has 4 rings (SSSR count). The number of nitrogens with one attached hydrogen (secondary N) is 1. The quantitative estimate of drug-likeness (QED) is 0.397. The third-order valence-corrected chi connectivity index (χ3v) is 7.70. The van der Waals surface area contributed by atoms with Crippen LogP contribution in [-0.2, 0) is 16.6 Å². The van der Waals surface area contributed by atoms with Crippen LogP contribution >= 0.6 is 11.3 Å². The van der Waals surface area contributed by atoms with E-state index in [4.69, 9.17) is 0 Å². The summed E-state index contributed by atoms with van der Waals surface area (Å²) >= 11 is 1.32. The number of amides is 1. The summed E-state index contributed by atoms with van der Waals surface area (Å²) in [6.45, 7) is 2.42. The zero-order valence-corrected chi connectivity index (χ0v) is 19.5. The van der Waals surface area contributed by atoms with Crippen molar-refractivity contribution in [3.63, 3.8) is 0 Å². The van der Waals surface area contributed by atoms with E-state index in [-0.39, 0.29) is 17.3 Å². The molecule has 0 aliphatic heterocycles. The third-order valence-electron chi connectivity index (χ3n) is 5.01. The van der Waals surface area contributed by atoms with Crippen molar-refractivity contribution < 1.29 is 13.2 Å². The number of hydrogen-bond acceptors (Lipinski definition) is 6. The molecule has 0 atom stereocenters. The number of carbonyl (C=O) groups excluding carboxylic acids is 1. The van der Waals surface area contributed by atoms with Crippen LogP contribution in [0.2, 0.25) is 0 Å². The fraction of sp³-hybridized carbons (Fsp3) is 0.125. The van der Waals surface area contributed by atoms with E-state index in [0.717, 1.165) is 16.8 Å². The normalized spacial score (nSPS) is 11.5. The molecular weight excluding hydrogens is 456 g/mol. The topological polar surface area (TPSA) is 92.3 Å². The van der Waals surface area contributed by atoms with Gasteiger partial charge in [-0.1, -0.05) is 37.3 Å². The van der Waals surface area contributed by atoms with Crippen molar-refractivity contribution in [1.29, 1.82) is 0 Å². The number of carbonyl (C=O) groups is 1. The molecule has 0 spiro atoms. The Bertz CT molecular complexity index is 1320. The zero-order valence-electron chi connectivity index (χ0n) is 17.9. The van der Waals surface area contributed by atoms with E-state index in [1.54, 1.807) is 19.3 Å². The monoisotopic (exact) mass is 478 g/mol. The Labute approximate surface area is 196 Å². The van der Waals surface area contributed by atoms with Crippen LogP contribution in [0.5, 0.6) is 0 Å². The van der Waals surface area contributed by atoms with Gasteiger partial charge in [-0.3, -0.25) is 15.1 Å². The summed E-state index contributed by atoms with van der Waals surface area (Å²) in [6.07, 6.45) is 3.37. The van der Waals surface area contributed by atoms with Crippen LogP contribution in [0.4, 0.5) is 5.13 Å². The number of anilines is 1. The van der Waals surface area contributed by atoms with Gasteiger partial charge < -0.3 is 0 Å².